The number of aliphatic hydroxyl groups excluding tert-OH is 4. The summed E-state index contributed by atoms with van der Waals surface area (Å²) in [5.74, 6) is 0. The van der Waals surface area contributed by atoms with Crippen molar-refractivity contribution in [2.45, 2.75) is 75.7 Å². The molecule has 5 atom stereocenters. The van der Waals surface area contributed by atoms with Gasteiger partial charge in [-0.3, -0.25) is 0 Å². The summed E-state index contributed by atoms with van der Waals surface area (Å²) >= 11 is 0. The molecule has 1 heterocycles. The van der Waals surface area contributed by atoms with E-state index in [1.54, 1.807) is 0 Å². The largest absolute Gasteiger partial charge is 0.394 e. The summed E-state index contributed by atoms with van der Waals surface area (Å²) in [6.45, 7) is -0.0807. The van der Waals surface area contributed by atoms with Gasteiger partial charge in [0, 0.05) is 13.0 Å². The Bertz CT molecular complexity index is 298. The van der Waals surface area contributed by atoms with Crippen LogP contribution in [-0.2, 0) is 14.3 Å². The zero-order valence-corrected chi connectivity index (χ0v) is 12.8. The standard InChI is InChI=1S/C15H28O7/c16-8-6-4-2-1-3-5-7-9-21-15-14(20)13(19)12(18)11(10-17)22-15/h8,11-15,17-20H,1-7,9-10H2/t11-,12-,13+,14-,15?/m1/s1. The van der Waals surface area contributed by atoms with Gasteiger partial charge >= 0.3 is 0 Å². The summed E-state index contributed by atoms with van der Waals surface area (Å²) in [6.07, 6.45) is 1.39. The van der Waals surface area contributed by atoms with E-state index in [0.29, 0.717) is 13.0 Å². The highest BCUT2D eigenvalue weighted by Gasteiger charge is 2.43. The van der Waals surface area contributed by atoms with Crippen molar-refractivity contribution in [2.75, 3.05) is 13.2 Å². The van der Waals surface area contributed by atoms with Gasteiger partial charge < -0.3 is 34.7 Å². The Hall–Kier alpha value is -0.570. The average Bonchev–Trinajstić information content (AvgIpc) is 2.53. The van der Waals surface area contributed by atoms with Crippen LogP contribution in [0, 0.1) is 0 Å². The lowest BCUT2D eigenvalue weighted by Gasteiger charge is -2.39. The lowest BCUT2D eigenvalue weighted by atomic mass is 9.99. The van der Waals surface area contributed by atoms with Crippen molar-refractivity contribution in [1.82, 2.24) is 0 Å². The van der Waals surface area contributed by atoms with Crippen molar-refractivity contribution in [3.63, 3.8) is 0 Å². The number of ether oxygens (including phenoxy) is 2. The topological polar surface area (TPSA) is 116 Å². The lowest BCUT2D eigenvalue weighted by molar-refractivity contribution is -0.301. The molecule has 1 unspecified atom stereocenters. The molecule has 0 bridgehead atoms. The molecule has 0 saturated carbocycles. The van der Waals surface area contributed by atoms with E-state index in [-0.39, 0.29) is 0 Å². The van der Waals surface area contributed by atoms with Crippen LogP contribution in [0.15, 0.2) is 0 Å². The van der Waals surface area contributed by atoms with Gasteiger partial charge in [0.1, 0.15) is 30.7 Å². The third-order valence-corrected chi connectivity index (χ3v) is 3.85. The summed E-state index contributed by atoms with van der Waals surface area (Å²) in [6, 6.07) is 0. The zero-order valence-electron chi connectivity index (χ0n) is 12.8. The van der Waals surface area contributed by atoms with E-state index < -0.39 is 37.3 Å². The van der Waals surface area contributed by atoms with Crippen LogP contribution >= 0.6 is 0 Å². The molecule has 7 nitrogen and oxygen atoms in total. The molecule has 1 fully saturated rings. The molecule has 0 aromatic carbocycles. The van der Waals surface area contributed by atoms with Gasteiger partial charge in [-0.1, -0.05) is 25.7 Å². The molecule has 1 saturated heterocycles. The maximum atomic E-state index is 10.1. The number of carbonyl (C=O) groups is 1. The molecule has 7 heteroatoms. The van der Waals surface area contributed by atoms with Crippen molar-refractivity contribution in [3.05, 3.63) is 0 Å². The SMILES string of the molecule is O=CCCCCCCCCOC1O[C@H](CO)[C@@H](O)[C@H](O)[C@H]1O. The van der Waals surface area contributed by atoms with E-state index in [2.05, 4.69) is 0 Å². The van der Waals surface area contributed by atoms with E-state index in [1.165, 1.54) is 0 Å². The van der Waals surface area contributed by atoms with Crippen molar-refractivity contribution in [1.29, 1.82) is 0 Å². The van der Waals surface area contributed by atoms with Crippen LogP contribution in [0.25, 0.3) is 0 Å². The Labute approximate surface area is 130 Å². The fourth-order valence-electron chi connectivity index (χ4n) is 2.44. The highest BCUT2D eigenvalue weighted by atomic mass is 16.7. The number of aldehydes is 1. The Morgan fingerprint density at radius 2 is 1.55 bits per heavy atom. The first-order chi connectivity index (χ1) is 10.6. The normalized spacial score (nSPS) is 32.1. The Morgan fingerprint density at radius 1 is 0.909 bits per heavy atom. The summed E-state index contributed by atoms with van der Waals surface area (Å²) in [5.41, 5.74) is 0. The number of carbonyl (C=O) groups excluding carboxylic acids is 1. The van der Waals surface area contributed by atoms with Gasteiger partial charge in [0.15, 0.2) is 6.29 Å². The second kappa shape index (κ2) is 11.0. The molecular formula is C15H28O7. The van der Waals surface area contributed by atoms with Crippen molar-refractivity contribution in [2.24, 2.45) is 0 Å². The highest BCUT2D eigenvalue weighted by Crippen LogP contribution is 2.22. The monoisotopic (exact) mass is 320 g/mol. The molecule has 0 aromatic rings. The van der Waals surface area contributed by atoms with Gasteiger partial charge in [-0.15, -0.1) is 0 Å². The molecule has 22 heavy (non-hydrogen) atoms. The molecule has 4 N–H and O–H groups in total. The fraction of sp³-hybridized carbons (Fsp3) is 0.933. The number of unbranched alkanes of at least 4 members (excludes halogenated alkanes) is 6. The number of rotatable bonds is 11. The molecular weight excluding hydrogens is 292 g/mol. The van der Waals surface area contributed by atoms with E-state index in [4.69, 9.17) is 14.6 Å². The van der Waals surface area contributed by atoms with E-state index in [0.717, 1.165) is 44.8 Å². The van der Waals surface area contributed by atoms with Gasteiger partial charge in [0.2, 0.25) is 0 Å². The fourth-order valence-corrected chi connectivity index (χ4v) is 2.44. The molecule has 1 aliphatic rings. The van der Waals surface area contributed by atoms with Crippen LogP contribution < -0.4 is 0 Å². The van der Waals surface area contributed by atoms with E-state index in [1.807, 2.05) is 0 Å². The summed E-state index contributed by atoms with van der Waals surface area (Å²) in [7, 11) is 0. The minimum absolute atomic E-state index is 0.372. The second-order valence-electron chi connectivity index (χ2n) is 5.64. The van der Waals surface area contributed by atoms with E-state index >= 15 is 0 Å². The molecule has 0 aromatic heterocycles. The molecule has 0 radical (unpaired) electrons. The van der Waals surface area contributed by atoms with Crippen LogP contribution in [0.4, 0.5) is 0 Å². The smallest absolute Gasteiger partial charge is 0.186 e. The minimum atomic E-state index is -1.39. The van der Waals surface area contributed by atoms with Crippen LogP contribution in [-0.4, -0.2) is 70.6 Å². The average molecular weight is 320 g/mol. The van der Waals surface area contributed by atoms with Gasteiger partial charge in [0.25, 0.3) is 0 Å². The minimum Gasteiger partial charge on any atom is -0.394 e. The predicted molar refractivity (Wildman–Crippen MR) is 78.1 cm³/mol. The predicted octanol–water partition coefficient (Wildman–Crippen LogP) is -0.268. The van der Waals surface area contributed by atoms with Gasteiger partial charge in [-0.05, 0) is 12.8 Å². The number of hydrogen-bond acceptors (Lipinski definition) is 7. The second-order valence-corrected chi connectivity index (χ2v) is 5.64. The maximum absolute atomic E-state index is 10.1. The molecule has 0 spiro atoms. The third kappa shape index (κ3) is 6.28. The highest BCUT2D eigenvalue weighted by molar-refractivity contribution is 5.48. The van der Waals surface area contributed by atoms with Crippen molar-refractivity contribution >= 4 is 6.29 Å². The lowest BCUT2D eigenvalue weighted by Crippen LogP contribution is -2.59. The van der Waals surface area contributed by atoms with Crippen LogP contribution in [0.3, 0.4) is 0 Å². The first-order valence-electron chi connectivity index (χ1n) is 7.97. The van der Waals surface area contributed by atoms with Gasteiger partial charge in [0.05, 0.1) is 6.61 Å². The first kappa shape index (κ1) is 19.5. The molecule has 0 aliphatic carbocycles. The van der Waals surface area contributed by atoms with Crippen molar-refractivity contribution < 1.29 is 34.7 Å². The Balaban J connectivity index is 2.12. The van der Waals surface area contributed by atoms with Gasteiger partial charge in [-0.2, -0.15) is 0 Å². The zero-order chi connectivity index (χ0) is 16.4. The Kier molecular flexibility index (Phi) is 9.77. The Morgan fingerprint density at radius 3 is 2.18 bits per heavy atom. The first-order valence-corrected chi connectivity index (χ1v) is 7.97. The molecule has 130 valence electrons. The van der Waals surface area contributed by atoms with Gasteiger partial charge in [-0.25, -0.2) is 0 Å². The quantitative estimate of drug-likeness (QED) is 0.306. The maximum Gasteiger partial charge on any atom is 0.186 e. The van der Waals surface area contributed by atoms with Crippen molar-refractivity contribution in [3.8, 4) is 0 Å². The van der Waals surface area contributed by atoms with Crippen LogP contribution in [0.5, 0.6) is 0 Å². The molecule has 0 amide bonds. The number of hydrogen-bond donors (Lipinski definition) is 4. The van der Waals surface area contributed by atoms with Crippen LogP contribution in [0.1, 0.15) is 44.9 Å². The summed E-state index contributed by atoms with van der Waals surface area (Å²) in [4.78, 5) is 10.1. The summed E-state index contributed by atoms with van der Waals surface area (Å²) in [5, 5.41) is 38.1. The van der Waals surface area contributed by atoms with Crippen LogP contribution in [0.2, 0.25) is 0 Å². The van der Waals surface area contributed by atoms with E-state index in [9.17, 15) is 20.1 Å². The summed E-state index contributed by atoms with van der Waals surface area (Å²) < 4.78 is 10.6. The molecule has 1 aliphatic heterocycles. The third-order valence-electron chi connectivity index (χ3n) is 3.85. The number of aliphatic hydroxyl groups is 4. The molecule has 1 rings (SSSR count).